The van der Waals surface area contributed by atoms with Crippen LogP contribution in [0.1, 0.15) is 34.7 Å². The second-order valence-electron chi connectivity index (χ2n) is 10.3. The Morgan fingerprint density at radius 3 is 2.14 bits per heavy atom. The molecule has 1 atom stereocenters. The van der Waals surface area contributed by atoms with Crippen molar-refractivity contribution >= 4 is 17.4 Å². The zero-order valence-corrected chi connectivity index (χ0v) is 25.0. The number of carbonyl (C=O) groups excluding carboxylic acids is 2. The number of Topliss-reactive ketones (excluding diaryl/α,β-unsaturated/α-hetero) is 1. The first-order valence-electron chi connectivity index (χ1n) is 13.7. The molecule has 4 rings (SSSR count). The molecule has 9 nitrogen and oxygen atoms in total. The molecular formula is C33H38N2O7. The molecule has 0 aromatic heterocycles. The molecule has 1 unspecified atom stereocenters. The number of carbonyl (C=O) groups is 2. The molecule has 9 heteroatoms. The van der Waals surface area contributed by atoms with Crippen LogP contribution in [-0.4, -0.2) is 75.1 Å². The standard InChI is InChI=1S/C33H38N2O7/c1-21-10-7-8-11-23(21)20-42-25-14-12-22(13-15-25)30(36)28-29(35(33(38)31(28)37)17-9-16-34(2)3)24-18-26(39-4)32(41-6)27(19-24)40-5/h7-8,10-15,18-19,29,36H,9,16-17,20H2,1-6H3/b30-28-. The molecule has 0 saturated carbocycles. The van der Waals surface area contributed by atoms with Gasteiger partial charge in [-0.2, -0.15) is 0 Å². The van der Waals surface area contributed by atoms with Gasteiger partial charge in [0.1, 0.15) is 18.1 Å². The number of aliphatic hydroxyl groups is 1. The van der Waals surface area contributed by atoms with E-state index in [1.165, 1.54) is 26.2 Å². The topological polar surface area (TPSA) is 97.8 Å². The van der Waals surface area contributed by atoms with Gasteiger partial charge in [0.25, 0.3) is 11.7 Å². The fraction of sp³-hybridized carbons (Fsp3) is 0.333. The van der Waals surface area contributed by atoms with Crippen LogP contribution in [0, 0.1) is 6.92 Å². The van der Waals surface area contributed by atoms with E-state index in [0.29, 0.717) is 53.7 Å². The van der Waals surface area contributed by atoms with Gasteiger partial charge in [-0.15, -0.1) is 0 Å². The molecule has 0 spiro atoms. The van der Waals surface area contributed by atoms with E-state index in [-0.39, 0.29) is 11.3 Å². The second kappa shape index (κ2) is 13.4. The molecule has 1 amide bonds. The lowest BCUT2D eigenvalue weighted by molar-refractivity contribution is -0.139. The first-order valence-corrected chi connectivity index (χ1v) is 13.7. The second-order valence-corrected chi connectivity index (χ2v) is 10.3. The summed E-state index contributed by atoms with van der Waals surface area (Å²) in [5.74, 6) is 0.0485. The zero-order chi connectivity index (χ0) is 30.4. The summed E-state index contributed by atoms with van der Waals surface area (Å²) < 4.78 is 22.5. The number of hydrogen-bond donors (Lipinski definition) is 1. The summed E-state index contributed by atoms with van der Waals surface area (Å²) in [6, 6.07) is 17.3. The molecule has 1 fully saturated rings. The predicted octanol–water partition coefficient (Wildman–Crippen LogP) is 4.97. The number of methoxy groups -OCH3 is 3. The van der Waals surface area contributed by atoms with Crippen LogP contribution in [0.4, 0.5) is 0 Å². The van der Waals surface area contributed by atoms with E-state index < -0.39 is 17.7 Å². The lowest BCUT2D eigenvalue weighted by atomic mass is 9.94. The van der Waals surface area contributed by atoms with Crippen LogP contribution in [0.5, 0.6) is 23.0 Å². The van der Waals surface area contributed by atoms with Crippen molar-refractivity contribution in [1.82, 2.24) is 9.80 Å². The number of aryl methyl sites for hydroxylation is 1. The molecule has 1 aliphatic heterocycles. The van der Waals surface area contributed by atoms with Gasteiger partial charge < -0.3 is 33.9 Å². The van der Waals surface area contributed by atoms with Crippen LogP contribution >= 0.6 is 0 Å². The summed E-state index contributed by atoms with van der Waals surface area (Å²) in [6.45, 7) is 3.46. The quantitative estimate of drug-likeness (QED) is 0.184. The first kappa shape index (κ1) is 30.5. The number of benzene rings is 3. The molecule has 0 aliphatic carbocycles. The third-order valence-corrected chi connectivity index (χ3v) is 7.33. The smallest absolute Gasteiger partial charge is 0.295 e. The third kappa shape index (κ3) is 6.36. The van der Waals surface area contributed by atoms with Crippen molar-refractivity contribution in [2.75, 3.05) is 48.5 Å². The lowest BCUT2D eigenvalue weighted by Gasteiger charge is -2.27. The van der Waals surface area contributed by atoms with Gasteiger partial charge in [0.15, 0.2) is 11.5 Å². The Morgan fingerprint density at radius 2 is 1.57 bits per heavy atom. The normalized spacial score (nSPS) is 16.2. The number of ketones is 1. The number of aliphatic hydroxyl groups excluding tert-OH is 1. The summed E-state index contributed by atoms with van der Waals surface area (Å²) in [7, 11) is 8.38. The fourth-order valence-corrected chi connectivity index (χ4v) is 5.07. The van der Waals surface area contributed by atoms with E-state index in [1.54, 1.807) is 36.4 Å². The summed E-state index contributed by atoms with van der Waals surface area (Å²) in [6.07, 6.45) is 0.633. The van der Waals surface area contributed by atoms with Gasteiger partial charge in [-0.05, 0) is 87.1 Å². The SMILES string of the molecule is COc1cc(C2/C(=C(/O)c3ccc(OCc4ccccc4C)cc3)C(=O)C(=O)N2CCCN(C)C)cc(OC)c1OC. The van der Waals surface area contributed by atoms with Crippen molar-refractivity contribution in [3.63, 3.8) is 0 Å². The number of ether oxygens (including phenoxy) is 4. The van der Waals surface area contributed by atoms with Crippen LogP contribution in [0.3, 0.4) is 0 Å². The molecular weight excluding hydrogens is 536 g/mol. The Balaban J connectivity index is 1.73. The van der Waals surface area contributed by atoms with Crippen molar-refractivity contribution in [2.45, 2.75) is 26.0 Å². The molecule has 1 heterocycles. The largest absolute Gasteiger partial charge is 0.507 e. The van der Waals surface area contributed by atoms with Crippen molar-refractivity contribution < 1.29 is 33.6 Å². The van der Waals surface area contributed by atoms with Gasteiger partial charge in [0.05, 0.1) is 32.9 Å². The Morgan fingerprint density at radius 1 is 0.929 bits per heavy atom. The van der Waals surface area contributed by atoms with Gasteiger partial charge in [-0.25, -0.2) is 0 Å². The predicted molar refractivity (Wildman–Crippen MR) is 160 cm³/mol. The summed E-state index contributed by atoms with van der Waals surface area (Å²) in [5.41, 5.74) is 3.14. The summed E-state index contributed by atoms with van der Waals surface area (Å²) >= 11 is 0. The average Bonchev–Trinajstić information content (AvgIpc) is 3.24. The highest BCUT2D eigenvalue weighted by Crippen LogP contribution is 2.45. The van der Waals surface area contributed by atoms with E-state index in [1.807, 2.05) is 50.2 Å². The summed E-state index contributed by atoms with van der Waals surface area (Å²) in [4.78, 5) is 30.3. The fourth-order valence-electron chi connectivity index (χ4n) is 5.07. The van der Waals surface area contributed by atoms with Gasteiger partial charge in [0.2, 0.25) is 5.75 Å². The monoisotopic (exact) mass is 574 g/mol. The van der Waals surface area contributed by atoms with Crippen molar-refractivity contribution in [3.8, 4) is 23.0 Å². The third-order valence-electron chi connectivity index (χ3n) is 7.33. The number of likely N-dealkylation sites (tertiary alicyclic amines) is 1. The van der Waals surface area contributed by atoms with Crippen molar-refractivity contribution in [3.05, 3.63) is 88.5 Å². The number of nitrogens with zero attached hydrogens (tertiary/aromatic N) is 2. The molecule has 3 aromatic carbocycles. The maximum atomic E-state index is 13.5. The molecule has 3 aromatic rings. The first-order chi connectivity index (χ1) is 20.2. The molecule has 42 heavy (non-hydrogen) atoms. The highest BCUT2D eigenvalue weighted by molar-refractivity contribution is 6.46. The van der Waals surface area contributed by atoms with E-state index in [0.717, 1.165) is 17.7 Å². The Bertz CT molecular complexity index is 1440. The van der Waals surface area contributed by atoms with Gasteiger partial charge in [0, 0.05) is 12.1 Å². The van der Waals surface area contributed by atoms with Crippen LogP contribution in [0.2, 0.25) is 0 Å². The van der Waals surface area contributed by atoms with Crippen LogP contribution < -0.4 is 18.9 Å². The van der Waals surface area contributed by atoms with E-state index in [9.17, 15) is 14.7 Å². The molecule has 0 radical (unpaired) electrons. The maximum Gasteiger partial charge on any atom is 0.295 e. The Labute approximate surface area is 246 Å². The minimum Gasteiger partial charge on any atom is -0.507 e. The van der Waals surface area contributed by atoms with Gasteiger partial charge in [-0.1, -0.05) is 24.3 Å². The number of rotatable bonds is 12. The van der Waals surface area contributed by atoms with Crippen molar-refractivity contribution in [2.24, 2.45) is 0 Å². The van der Waals surface area contributed by atoms with E-state index >= 15 is 0 Å². The minimum absolute atomic E-state index is 0.00675. The Kier molecular flexibility index (Phi) is 9.75. The maximum absolute atomic E-state index is 13.5. The number of amides is 1. The average molecular weight is 575 g/mol. The molecule has 1 N–H and O–H groups in total. The lowest BCUT2D eigenvalue weighted by Crippen LogP contribution is -2.32. The van der Waals surface area contributed by atoms with E-state index in [2.05, 4.69) is 0 Å². The van der Waals surface area contributed by atoms with E-state index in [4.69, 9.17) is 18.9 Å². The molecule has 222 valence electrons. The Hall–Kier alpha value is -4.50. The zero-order valence-electron chi connectivity index (χ0n) is 25.0. The van der Waals surface area contributed by atoms with Gasteiger partial charge in [-0.3, -0.25) is 9.59 Å². The molecule has 0 bridgehead atoms. The highest BCUT2D eigenvalue weighted by Gasteiger charge is 2.46. The minimum atomic E-state index is -0.863. The molecule has 1 saturated heterocycles. The highest BCUT2D eigenvalue weighted by atomic mass is 16.5. The van der Waals surface area contributed by atoms with Crippen LogP contribution in [0.25, 0.3) is 5.76 Å². The summed E-state index contributed by atoms with van der Waals surface area (Å²) in [5, 5.41) is 11.5. The number of hydrogen-bond acceptors (Lipinski definition) is 8. The van der Waals surface area contributed by atoms with Crippen molar-refractivity contribution in [1.29, 1.82) is 0 Å². The van der Waals surface area contributed by atoms with Crippen LogP contribution in [-0.2, 0) is 16.2 Å². The van der Waals surface area contributed by atoms with Gasteiger partial charge >= 0.3 is 0 Å². The van der Waals surface area contributed by atoms with Crippen LogP contribution in [0.15, 0.2) is 66.2 Å². The molecule has 1 aliphatic rings.